The van der Waals surface area contributed by atoms with E-state index in [1.807, 2.05) is 36.4 Å². The number of rotatable bonds is 6. The molecular formula is C15H16BrClN2S. The van der Waals surface area contributed by atoms with Crippen molar-refractivity contribution >= 4 is 39.3 Å². The molecule has 5 heteroatoms. The summed E-state index contributed by atoms with van der Waals surface area (Å²) in [5, 5.41) is 0.789. The highest BCUT2D eigenvalue weighted by molar-refractivity contribution is 9.10. The van der Waals surface area contributed by atoms with Crippen LogP contribution in [0.25, 0.3) is 0 Å². The molecule has 0 saturated heterocycles. The van der Waals surface area contributed by atoms with Crippen LogP contribution in [0.15, 0.2) is 57.9 Å². The summed E-state index contributed by atoms with van der Waals surface area (Å²) >= 11 is 11.3. The smallest absolute Gasteiger partial charge is 0.0541 e. The summed E-state index contributed by atoms with van der Waals surface area (Å²) in [7, 11) is 0. The summed E-state index contributed by atoms with van der Waals surface area (Å²) in [5.41, 5.74) is 4.14. The number of nitrogens with one attached hydrogen (secondary N) is 1. The Balaban J connectivity index is 1.92. The van der Waals surface area contributed by atoms with Gasteiger partial charge in [0, 0.05) is 21.2 Å². The zero-order valence-electron chi connectivity index (χ0n) is 10.9. The van der Waals surface area contributed by atoms with Gasteiger partial charge in [0.15, 0.2) is 0 Å². The quantitative estimate of drug-likeness (QED) is 0.452. The van der Waals surface area contributed by atoms with Crippen molar-refractivity contribution in [1.82, 2.24) is 5.43 Å². The molecule has 0 bridgehead atoms. The van der Waals surface area contributed by atoms with E-state index in [0.29, 0.717) is 0 Å². The average molecular weight is 372 g/mol. The molecule has 0 amide bonds. The second-order valence-electron chi connectivity index (χ2n) is 4.44. The lowest BCUT2D eigenvalue weighted by Gasteiger charge is -2.16. The van der Waals surface area contributed by atoms with Crippen LogP contribution >= 0.6 is 39.3 Å². The van der Waals surface area contributed by atoms with Crippen molar-refractivity contribution in [1.29, 1.82) is 0 Å². The monoisotopic (exact) mass is 370 g/mol. The maximum absolute atomic E-state index is 6.15. The third-order valence-electron chi connectivity index (χ3n) is 2.91. The summed E-state index contributed by atoms with van der Waals surface area (Å²) in [5.74, 6) is 6.52. The fourth-order valence-electron chi connectivity index (χ4n) is 1.82. The first-order valence-electron chi connectivity index (χ1n) is 6.27. The molecule has 0 aliphatic rings. The first kappa shape index (κ1) is 15.9. The van der Waals surface area contributed by atoms with Gasteiger partial charge in [-0.1, -0.05) is 51.8 Å². The van der Waals surface area contributed by atoms with Crippen LogP contribution in [0.1, 0.15) is 5.56 Å². The normalized spacial score (nSPS) is 12.3. The summed E-state index contributed by atoms with van der Waals surface area (Å²) < 4.78 is 1.09. The Morgan fingerprint density at radius 2 is 1.85 bits per heavy atom. The lowest BCUT2D eigenvalue weighted by atomic mass is 10.1. The van der Waals surface area contributed by atoms with Crippen LogP contribution in [0.2, 0.25) is 5.02 Å². The molecule has 2 aromatic rings. The van der Waals surface area contributed by atoms with Gasteiger partial charge in [-0.2, -0.15) is 0 Å². The molecule has 0 radical (unpaired) electrons. The number of hydrogen-bond donors (Lipinski definition) is 2. The lowest BCUT2D eigenvalue weighted by molar-refractivity contribution is 0.575. The Hall–Kier alpha value is -0.520. The maximum Gasteiger partial charge on any atom is 0.0541 e. The Labute approximate surface area is 137 Å². The van der Waals surface area contributed by atoms with E-state index < -0.39 is 0 Å². The Morgan fingerprint density at radius 3 is 2.50 bits per heavy atom. The Bertz CT molecular complexity index is 548. The van der Waals surface area contributed by atoms with Crippen LogP contribution in [-0.2, 0) is 6.42 Å². The summed E-state index contributed by atoms with van der Waals surface area (Å²) in [6.07, 6.45) is 0.890. The number of benzene rings is 2. The third-order valence-corrected chi connectivity index (χ3v) is 5.11. The van der Waals surface area contributed by atoms with Crippen molar-refractivity contribution in [2.75, 3.05) is 5.75 Å². The van der Waals surface area contributed by atoms with Crippen LogP contribution in [0.3, 0.4) is 0 Å². The van der Waals surface area contributed by atoms with Gasteiger partial charge in [-0.15, -0.1) is 11.8 Å². The Kier molecular flexibility index (Phi) is 6.39. The largest absolute Gasteiger partial charge is 0.271 e. The Morgan fingerprint density at radius 1 is 1.15 bits per heavy atom. The van der Waals surface area contributed by atoms with E-state index in [2.05, 4.69) is 33.5 Å². The molecule has 0 fully saturated rings. The van der Waals surface area contributed by atoms with E-state index in [-0.39, 0.29) is 6.04 Å². The van der Waals surface area contributed by atoms with Crippen LogP contribution in [0.4, 0.5) is 0 Å². The van der Waals surface area contributed by atoms with Crippen molar-refractivity contribution in [3.05, 3.63) is 63.6 Å². The van der Waals surface area contributed by atoms with Crippen LogP contribution in [-0.4, -0.2) is 11.8 Å². The van der Waals surface area contributed by atoms with Gasteiger partial charge in [0.1, 0.15) is 0 Å². The second kappa shape index (κ2) is 8.05. The van der Waals surface area contributed by atoms with Gasteiger partial charge in [-0.3, -0.25) is 11.3 Å². The minimum atomic E-state index is 0.206. The van der Waals surface area contributed by atoms with Gasteiger partial charge < -0.3 is 0 Å². The predicted molar refractivity (Wildman–Crippen MR) is 91.1 cm³/mol. The SMILES string of the molecule is NNC(CSc1ccccc1Cl)Cc1ccc(Br)cc1. The van der Waals surface area contributed by atoms with Crippen molar-refractivity contribution in [3.63, 3.8) is 0 Å². The minimum absolute atomic E-state index is 0.206. The van der Waals surface area contributed by atoms with E-state index >= 15 is 0 Å². The summed E-state index contributed by atoms with van der Waals surface area (Å²) in [6.45, 7) is 0. The van der Waals surface area contributed by atoms with Crippen molar-refractivity contribution in [2.24, 2.45) is 5.84 Å². The predicted octanol–water partition coefficient (Wildman–Crippen LogP) is 4.27. The van der Waals surface area contributed by atoms with Gasteiger partial charge in [0.25, 0.3) is 0 Å². The average Bonchev–Trinajstić information content (AvgIpc) is 2.47. The van der Waals surface area contributed by atoms with Gasteiger partial charge in [0.05, 0.1) is 5.02 Å². The number of hydrogen-bond acceptors (Lipinski definition) is 3. The highest BCUT2D eigenvalue weighted by Crippen LogP contribution is 2.27. The third kappa shape index (κ3) is 4.79. The van der Waals surface area contributed by atoms with Crippen LogP contribution in [0, 0.1) is 0 Å². The minimum Gasteiger partial charge on any atom is -0.271 e. The first-order chi connectivity index (χ1) is 9.69. The van der Waals surface area contributed by atoms with E-state index in [9.17, 15) is 0 Å². The zero-order valence-corrected chi connectivity index (χ0v) is 14.0. The van der Waals surface area contributed by atoms with Gasteiger partial charge in [0.2, 0.25) is 0 Å². The summed E-state index contributed by atoms with van der Waals surface area (Å²) in [4.78, 5) is 1.09. The fraction of sp³-hybridized carbons (Fsp3) is 0.200. The standard InChI is InChI=1S/C15H16BrClN2S/c16-12-7-5-11(6-8-12)9-13(19-18)10-20-15-4-2-1-3-14(15)17/h1-8,13,19H,9-10,18H2. The molecule has 1 atom stereocenters. The first-order valence-corrected chi connectivity index (χ1v) is 8.42. The molecule has 106 valence electrons. The molecule has 0 heterocycles. The molecule has 2 aromatic carbocycles. The zero-order chi connectivity index (χ0) is 14.4. The molecule has 2 rings (SSSR count). The molecule has 0 aromatic heterocycles. The molecule has 0 saturated carbocycles. The van der Waals surface area contributed by atoms with Gasteiger partial charge in [-0.05, 0) is 36.2 Å². The van der Waals surface area contributed by atoms with Crippen LogP contribution < -0.4 is 11.3 Å². The lowest BCUT2D eigenvalue weighted by Crippen LogP contribution is -2.38. The number of nitrogens with two attached hydrogens (primary N) is 1. The van der Waals surface area contributed by atoms with E-state index in [4.69, 9.17) is 17.4 Å². The van der Waals surface area contributed by atoms with Crippen molar-refractivity contribution < 1.29 is 0 Å². The van der Waals surface area contributed by atoms with Crippen molar-refractivity contribution in [3.8, 4) is 0 Å². The number of hydrazine groups is 1. The number of thioether (sulfide) groups is 1. The van der Waals surface area contributed by atoms with Gasteiger partial charge >= 0.3 is 0 Å². The number of halogens is 2. The highest BCUT2D eigenvalue weighted by Gasteiger charge is 2.10. The van der Waals surface area contributed by atoms with Crippen molar-refractivity contribution in [2.45, 2.75) is 17.4 Å². The molecule has 1 unspecified atom stereocenters. The molecule has 0 aliphatic carbocycles. The maximum atomic E-state index is 6.15. The van der Waals surface area contributed by atoms with E-state index in [0.717, 1.165) is 26.6 Å². The molecule has 3 N–H and O–H groups in total. The molecule has 0 aliphatic heterocycles. The van der Waals surface area contributed by atoms with Gasteiger partial charge in [-0.25, -0.2) is 0 Å². The molecule has 2 nitrogen and oxygen atoms in total. The molecule has 0 spiro atoms. The molecular weight excluding hydrogens is 356 g/mol. The topological polar surface area (TPSA) is 38.0 Å². The van der Waals surface area contributed by atoms with E-state index in [1.54, 1.807) is 11.8 Å². The second-order valence-corrected chi connectivity index (χ2v) is 6.82. The summed E-state index contributed by atoms with van der Waals surface area (Å²) in [6, 6.07) is 16.4. The molecule has 20 heavy (non-hydrogen) atoms. The van der Waals surface area contributed by atoms with E-state index in [1.165, 1.54) is 5.56 Å². The van der Waals surface area contributed by atoms with Crippen LogP contribution in [0.5, 0.6) is 0 Å². The fourth-order valence-corrected chi connectivity index (χ4v) is 3.36. The highest BCUT2D eigenvalue weighted by atomic mass is 79.9.